The first kappa shape index (κ1) is 21.3. The molecular weight excluding hydrogens is 438 g/mol. The van der Waals surface area contributed by atoms with Gasteiger partial charge >= 0.3 is 0 Å². The maximum atomic E-state index is 11.9. The Morgan fingerprint density at radius 3 is 2.55 bits per heavy atom. The van der Waals surface area contributed by atoms with Crippen molar-refractivity contribution in [2.45, 2.75) is 19.8 Å². The number of hydrogen-bond donors (Lipinski definition) is 3. The minimum atomic E-state index is -0.211. The van der Waals surface area contributed by atoms with Gasteiger partial charge in [-0.1, -0.05) is 36.5 Å². The topological polar surface area (TPSA) is 79.5 Å². The van der Waals surface area contributed by atoms with Crippen LogP contribution in [0.2, 0.25) is 10.0 Å². The number of halogens is 3. The summed E-state index contributed by atoms with van der Waals surface area (Å²) in [6.07, 6.45) is 2.09. The summed E-state index contributed by atoms with van der Waals surface area (Å²) in [5, 5.41) is 6.47. The number of rotatable bonds is 7. The Morgan fingerprint density at radius 1 is 1.23 bits per heavy atom. The van der Waals surface area contributed by atoms with Gasteiger partial charge in [-0.15, -0.1) is 24.0 Å². The molecular formula is C14H21Cl2IN4O. The molecule has 124 valence electrons. The molecule has 0 saturated carbocycles. The fraction of sp³-hybridized carbons (Fsp3) is 0.429. The number of amides is 1. The van der Waals surface area contributed by atoms with Gasteiger partial charge in [0.2, 0.25) is 0 Å². The number of guanidine groups is 1. The van der Waals surface area contributed by atoms with Crippen LogP contribution in [0.3, 0.4) is 0 Å². The minimum absolute atomic E-state index is 0. The smallest absolute Gasteiger partial charge is 0.251 e. The lowest BCUT2D eigenvalue weighted by atomic mass is 10.2. The maximum Gasteiger partial charge on any atom is 0.251 e. The summed E-state index contributed by atoms with van der Waals surface area (Å²) in [5.41, 5.74) is 6.14. The van der Waals surface area contributed by atoms with Gasteiger partial charge in [0.1, 0.15) is 0 Å². The molecule has 0 fully saturated rings. The summed E-state index contributed by atoms with van der Waals surface area (Å²) in [6.45, 7) is 3.75. The predicted molar refractivity (Wildman–Crippen MR) is 104 cm³/mol. The number of aliphatic imine (C=N–C) groups is 1. The molecule has 22 heavy (non-hydrogen) atoms. The van der Waals surface area contributed by atoms with Crippen LogP contribution in [-0.4, -0.2) is 31.5 Å². The standard InChI is InChI=1S/C14H20Cl2N4O.HI/c1-2-3-6-19-14(17)20-8-7-18-13(21)10-4-5-11(15)12(16)9-10;/h4-5,9H,2-3,6-8H2,1H3,(H,18,21)(H3,17,19,20);1H. The van der Waals surface area contributed by atoms with Gasteiger partial charge in [0.05, 0.1) is 10.0 Å². The van der Waals surface area contributed by atoms with E-state index in [9.17, 15) is 4.79 Å². The van der Waals surface area contributed by atoms with Crippen molar-refractivity contribution in [2.75, 3.05) is 19.6 Å². The van der Waals surface area contributed by atoms with Crippen LogP contribution in [0.1, 0.15) is 30.1 Å². The fourth-order valence-electron chi connectivity index (χ4n) is 1.52. The number of nitrogens with one attached hydrogen (secondary N) is 2. The highest BCUT2D eigenvalue weighted by Gasteiger charge is 2.07. The van der Waals surface area contributed by atoms with Gasteiger partial charge < -0.3 is 16.4 Å². The van der Waals surface area contributed by atoms with E-state index in [1.54, 1.807) is 12.1 Å². The van der Waals surface area contributed by atoms with Crippen molar-refractivity contribution in [3.8, 4) is 0 Å². The van der Waals surface area contributed by atoms with E-state index in [0.717, 1.165) is 12.8 Å². The summed E-state index contributed by atoms with van der Waals surface area (Å²) in [7, 11) is 0. The summed E-state index contributed by atoms with van der Waals surface area (Å²) >= 11 is 11.7. The lowest BCUT2D eigenvalue weighted by Crippen LogP contribution is -2.38. The third-order valence-corrected chi connectivity index (χ3v) is 3.43. The quantitative estimate of drug-likeness (QED) is 0.254. The molecule has 1 aromatic carbocycles. The molecule has 0 heterocycles. The molecule has 0 aliphatic carbocycles. The van der Waals surface area contributed by atoms with Gasteiger partial charge in [0.15, 0.2) is 5.96 Å². The molecule has 0 unspecified atom stereocenters. The molecule has 0 aliphatic rings. The van der Waals surface area contributed by atoms with E-state index in [0.29, 0.717) is 41.2 Å². The van der Waals surface area contributed by atoms with Crippen LogP contribution < -0.4 is 16.4 Å². The van der Waals surface area contributed by atoms with E-state index in [4.69, 9.17) is 28.9 Å². The van der Waals surface area contributed by atoms with Crippen LogP contribution >= 0.6 is 47.2 Å². The number of hydrogen-bond acceptors (Lipinski definition) is 2. The Balaban J connectivity index is 0.00000441. The molecule has 5 nitrogen and oxygen atoms in total. The lowest BCUT2D eigenvalue weighted by Gasteiger charge is -2.08. The highest BCUT2D eigenvalue weighted by Crippen LogP contribution is 2.22. The number of carbonyl (C=O) groups excluding carboxylic acids is 1. The first-order valence-electron chi connectivity index (χ1n) is 6.81. The first-order valence-corrected chi connectivity index (χ1v) is 7.57. The van der Waals surface area contributed by atoms with Gasteiger partial charge in [-0.25, -0.2) is 0 Å². The van der Waals surface area contributed by atoms with Crippen molar-refractivity contribution in [3.63, 3.8) is 0 Å². The highest BCUT2D eigenvalue weighted by atomic mass is 127. The van der Waals surface area contributed by atoms with E-state index in [1.165, 1.54) is 6.07 Å². The molecule has 1 rings (SSSR count). The van der Waals surface area contributed by atoms with Crippen molar-refractivity contribution in [1.29, 1.82) is 0 Å². The van der Waals surface area contributed by atoms with Crippen molar-refractivity contribution in [3.05, 3.63) is 33.8 Å². The molecule has 0 saturated heterocycles. The van der Waals surface area contributed by atoms with E-state index in [1.807, 2.05) is 0 Å². The molecule has 8 heteroatoms. The van der Waals surface area contributed by atoms with Crippen LogP contribution in [0.15, 0.2) is 23.2 Å². The SMILES string of the molecule is CCCCN=C(N)NCCNC(=O)c1ccc(Cl)c(Cl)c1.I. The second-order valence-electron chi connectivity index (χ2n) is 4.43. The highest BCUT2D eigenvalue weighted by molar-refractivity contribution is 14.0. The van der Waals surface area contributed by atoms with E-state index in [2.05, 4.69) is 22.5 Å². The lowest BCUT2D eigenvalue weighted by molar-refractivity contribution is 0.0954. The largest absolute Gasteiger partial charge is 0.370 e. The Morgan fingerprint density at radius 2 is 1.91 bits per heavy atom. The van der Waals surface area contributed by atoms with Crippen molar-refractivity contribution >= 4 is 59.0 Å². The van der Waals surface area contributed by atoms with Crippen LogP contribution in [0.25, 0.3) is 0 Å². The summed E-state index contributed by atoms with van der Waals surface area (Å²) in [5.74, 6) is 0.184. The molecule has 4 N–H and O–H groups in total. The van der Waals surface area contributed by atoms with Gasteiger partial charge in [0, 0.05) is 25.2 Å². The normalized spacial score (nSPS) is 10.8. The molecule has 1 aromatic rings. The molecule has 0 spiro atoms. The van der Waals surface area contributed by atoms with E-state index < -0.39 is 0 Å². The Hall–Kier alpha value is -0.730. The Bertz CT molecular complexity index is 512. The van der Waals surface area contributed by atoms with Crippen molar-refractivity contribution in [1.82, 2.24) is 10.6 Å². The van der Waals surface area contributed by atoms with Gasteiger partial charge in [-0.05, 0) is 24.6 Å². The second kappa shape index (κ2) is 11.8. The van der Waals surface area contributed by atoms with Crippen LogP contribution in [0, 0.1) is 0 Å². The zero-order valence-electron chi connectivity index (χ0n) is 12.4. The average Bonchev–Trinajstić information content (AvgIpc) is 2.46. The number of nitrogens with zero attached hydrogens (tertiary/aromatic N) is 1. The van der Waals surface area contributed by atoms with E-state index in [-0.39, 0.29) is 29.9 Å². The van der Waals surface area contributed by atoms with Crippen LogP contribution in [0.5, 0.6) is 0 Å². The van der Waals surface area contributed by atoms with Crippen molar-refractivity contribution < 1.29 is 4.79 Å². The summed E-state index contributed by atoms with van der Waals surface area (Å²) < 4.78 is 0. The fourth-order valence-corrected chi connectivity index (χ4v) is 1.82. The maximum absolute atomic E-state index is 11.9. The summed E-state index contributed by atoms with van der Waals surface area (Å²) in [6, 6.07) is 4.75. The van der Waals surface area contributed by atoms with Gasteiger partial charge in [-0.2, -0.15) is 0 Å². The Kier molecular flexibility index (Phi) is 11.4. The average molecular weight is 459 g/mol. The molecule has 1 amide bonds. The molecule has 0 radical (unpaired) electrons. The molecule has 0 aromatic heterocycles. The minimum Gasteiger partial charge on any atom is -0.370 e. The predicted octanol–water partition coefficient (Wildman–Crippen LogP) is 3.05. The number of nitrogens with two attached hydrogens (primary N) is 1. The first-order chi connectivity index (χ1) is 10.0. The van der Waals surface area contributed by atoms with Gasteiger partial charge in [0.25, 0.3) is 5.91 Å². The summed E-state index contributed by atoms with van der Waals surface area (Å²) in [4.78, 5) is 16.0. The van der Waals surface area contributed by atoms with Crippen molar-refractivity contribution in [2.24, 2.45) is 10.7 Å². The second-order valence-corrected chi connectivity index (χ2v) is 5.25. The molecule has 0 atom stereocenters. The third kappa shape index (κ3) is 8.05. The number of unbranched alkanes of at least 4 members (excludes halogenated alkanes) is 1. The monoisotopic (exact) mass is 458 g/mol. The van der Waals surface area contributed by atoms with E-state index >= 15 is 0 Å². The van der Waals surface area contributed by atoms with Gasteiger partial charge in [-0.3, -0.25) is 9.79 Å². The van der Waals surface area contributed by atoms with Crippen LogP contribution in [-0.2, 0) is 0 Å². The van der Waals surface area contributed by atoms with Crippen LogP contribution in [0.4, 0.5) is 0 Å². The third-order valence-electron chi connectivity index (χ3n) is 2.69. The Labute approximate surface area is 158 Å². The molecule has 0 aliphatic heterocycles. The molecule has 0 bridgehead atoms. The number of benzene rings is 1. The zero-order chi connectivity index (χ0) is 15.7. The zero-order valence-corrected chi connectivity index (χ0v) is 16.2. The number of carbonyl (C=O) groups is 1.